The van der Waals surface area contributed by atoms with Gasteiger partial charge < -0.3 is 24.4 Å². The molecule has 0 spiro atoms. The second-order valence-corrected chi connectivity index (χ2v) is 10.2. The van der Waals surface area contributed by atoms with Gasteiger partial charge in [0.2, 0.25) is 0 Å². The molecule has 2 aliphatic rings. The van der Waals surface area contributed by atoms with E-state index in [-0.39, 0.29) is 6.10 Å². The summed E-state index contributed by atoms with van der Waals surface area (Å²) in [6.45, 7) is 11.4. The monoisotopic (exact) mass is 478 g/mol. The third kappa shape index (κ3) is 6.27. The summed E-state index contributed by atoms with van der Waals surface area (Å²) in [4.78, 5) is 4.85. The smallest absolute Gasteiger partial charge is 0.156 e. The first-order valence-corrected chi connectivity index (χ1v) is 13.1. The molecule has 5 heteroatoms. The van der Waals surface area contributed by atoms with Crippen LogP contribution in [0.3, 0.4) is 0 Å². The van der Waals surface area contributed by atoms with Crippen LogP contribution in [0.2, 0.25) is 0 Å². The average molecular weight is 479 g/mol. The minimum absolute atomic E-state index is 0.105. The number of hydrogen-bond acceptors (Lipinski definition) is 5. The molecule has 4 unspecified atom stereocenters. The van der Waals surface area contributed by atoms with Crippen LogP contribution in [0.1, 0.15) is 65.0 Å². The normalized spacial score (nSPS) is 24.2. The summed E-state index contributed by atoms with van der Waals surface area (Å²) in [5.41, 5.74) is 4.18. The van der Waals surface area contributed by atoms with Crippen LogP contribution in [-0.2, 0) is 4.74 Å². The van der Waals surface area contributed by atoms with Gasteiger partial charge in [-0.3, -0.25) is 0 Å². The Bertz CT molecular complexity index is 1050. The minimum Gasteiger partial charge on any atom is -0.494 e. The Balaban J connectivity index is 1.34. The molecule has 0 aliphatic carbocycles. The predicted octanol–water partition coefficient (Wildman–Crippen LogP) is 6.04. The fraction of sp³-hybridized carbons (Fsp3) is 0.533. The summed E-state index contributed by atoms with van der Waals surface area (Å²) < 4.78 is 11.6. The summed E-state index contributed by atoms with van der Waals surface area (Å²) in [7, 11) is 2.13. The topological polar surface area (TPSA) is 45.2 Å². The van der Waals surface area contributed by atoms with E-state index >= 15 is 0 Å². The third-order valence-electron chi connectivity index (χ3n) is 7.69. The summed E-state index contributed by atoms with van der Waals surface area (Å²) >= 11 is 0. The van der Waals surface area contributed by atoms with Crippen molar-refractivity contribution in [3.8, 4) is 5.75 Å². The molecule has 2 aromatic carbocycles. The maximum absolute atomic E-state index is 9.89. The molecule has 5 nitrogen and oxygen atoms in total. The zero-order chi connectivity index (χ0) is 24.9. The first-order chi connectivity index (χ1) is 16.9. The molecule has 4 atom stereocenters. The number of fused-ring (bicyclic) bond motifs is 1. The first-order valence-electron chi connectivity index (χ1n) is 13.1. The Hall–Kier alpha value is -2.34. The van der Waals surface area contributed by atoms with Crippen molar-refractivity contribution in [2.24, 2.45) is 0 Å². The minimum atomic E-state index is -0.645. The molecule has 0 amide bonds. The molecule has 0 saturated carbocycles. The van der Waals surface area contributed by atoms with Gasteiger partial charge in [0.1, 0.15) is 5.75 Å². The van der Waals surface area contributed by atoms with Gasteiger partial charge in [-0.15, -0.1) is 0 Å². The Kier molecular flexibility index (Phi) is 8.53. The molecule has 2 heterocycles. The molecule has 1 saturated heterocycles. The van der Waals surface area contributed by atoms with E-state index in [1.807, 2.05) is 6.92 Å². The van der Waals surface area contributed by atoms with Crippen molar-refractivity contribution < 1.29 is 14.6 Å². The number of rotatable bonds is 9. The maximum atomic E-state index is 9.89. The maximum Gasteiger partial charge on any atom is 0.156 e. The Morgan fingerprint density at radius 3 is 2.77 bits per heavy atom. The van der Waals surface area contributed by atoms with Crippen LogP contribution in [-0.4, -0.2) is 60.1 Å². The average Bonchev–Trinajstić information content (AvgIpc) is 3.20. The molecular weight excluding hydrogens is 436 g/mol. The lowest BCUT2D eigenvalue weighted by Gasteiger charge is -2.36. The van der Waals surface area contributed by atoms with Crippen molar-refractivity contribution in [3.63, 3.8) is 0 Å². The first kappa shape index (κ1) is 25.7. The highest BCUT2D eigenvalue weighted by Crippen LogP contribution is 2.34. The molecule has 35 heavy (non-hydrogen) atoms. The van der Waals surface area contributed by atoms with Crippen LogP contribution in [0.15, 0.2) is 59.8 Å². The van der Waals surface area contributed by atoms with Crippen molar-refractivity contribution in [3.05, 3.63) is 65.4 Å². The van der Waals surface area contributed by atoms with Crippen LogP contribution in [0.5, 0.6) is 5.75 Å². The number of allylic oxidation sites excluding steroid dienone is 3. The Morgan fingerprint density at radius 2 is 2.00 bits per heavy atom. The predicted molar refractivity (Wildman–Crippen MR) is 144 cm³/mol. The van der Waals surface area contributed by atoms with E-state index in [0.717, 1.165) is 38.1 Å². The lowest BCUT2D eigenvalue weighted by Crippen LogP contribution is -2.43. The largest absolute Gasteiger partial charge is 0.494 e. The van der Waals surface area contributed by atoms with Gasteiger partial charge in [-0.25, -0.2) is 0 Å². The van der Waals surface area contributed by atoms with Crippen molar-refractivity contribution >= 4 is 10.8 Å². The summed E-state index contributed by atoms with van der Waals surface area (Å²) in [5, 5.41) is 12.4. The molecule has 190 valence electrons. The van der Waals surface area contributed by atoms with Gasteiger partial charge >= 0.3 is 0 Å². The quantitative estimate of drug-likeness (QED) is 0.445. The fourth-order valence-corrected chi connectivity index (χ4v) is 5.57. The zero-order valence-corrected chi connectivity index (χ0v) is 22.0. The number of aliphatic hydroxyl groups is 1. The Morgan fingerprint density at radius 1 is 1.20 bits per heavy atom. The number of benzene rings is 2. The van der Waals surface area contributed by atoms with Crippen molar-refractivity contribution in [1.29, 1.82) is 0 Å². The zero-order valence-electron chi connectivity index (χ0n) is 22.0. The van der Waals surface area contributed by atoms with E-state index in [1.165, 1.54) is 27.6 Å². The lowest BCUT2D eigenvalue weighted by molar-refractivity contribution is -0.173. The molecule has 4 rings (SSSR count). The summed E-state index contributed by atoms with van der Waals surface area (Å²) in [6, 6.07) is 13.9. The van der Waals surface area contributed by atoms with Gasteiger partial charge in [-0.05, 0) is 94.1 Å². The SMILES string of the molecule is C/C=C\C1=C(C)N(C(C)c2ccc3ccc(OCCCN(C)C4CC(C)OC(O)C4)cc3c2)CC1. The standard InChI is InChI=1S/C30H42N2O3/c1-6-8-24-13-15-32(22(24)3)23(4)26-10-9-25-11-12-29(19-27(25)18-26)34-16-7-14-31(5)28-17-21(2)35-30(33)20-28/h6,8-12,18-19,21,23,28,30,33H,7,13-17,20H2,1-5H3/b8-6-. The highest BCUT2D eigenvalue weighted by atomic mass is 16.6. The van der Waals surface area contributed by atoms with Crippen molar-refractivity contribution in [1.82, 2.24) is 9.80 Å². The highest BCUT2D eigenvalue weighted by Gasteiger charge is 2.28. The third-order valence-corrected chi connectivity index (χ3v) is 7.69. The molecule has 0 bridgehead atoms. The van der Waals surface area contributed by atoms with Gasteiger partial charge in [-0.2, -0.15) is 0 Å². The molecule has 1 fully saturated rings. The van der Waals surface area contributed by atoms with E-state index in [2.05, 4.69) is 86.2 Å². The molecule has 2 aliphatic heterocycles. The fourth-order valence-electron chi connectivity index (χ4n) is 5.57. The summed E-state index contributed by atoms with van der Waals surface area (Å²) in [6.07, 6.45) is 7.55. The molecule has 0 aromatic heterocycles. The van der Waals surface area contributed by atoms with E-state index in [0.29, 0.717) is 25.1 Å². The van der Waals surface area contributed by atoms with E-state index in [1.54, 1.807) is 0 Å². The molecule has 0 radical (unpaired) electrons. The second-order valence-electron chi connectivity index (χ2n) is 10.2. The molecular formula is C30H42N2O3. The van der Waals surface area contributed by atoms with Crippen LogP contribution in [0.25, 0.3) is 10.8 Å². The van der Waals surface area contributed by atoms with Crippen LogP contribution >= 0.6 is 0 Å². The molecule has 2 aromatic rings. The van der Waals surface area contributed by atoms with Gasteiger partial charge in [0, 0.05) is 31.2 Å². The van der Waals surface area contributed by atoms with Crippen LogP contribution in [0, 0.1) is 0 Å². The second kappa shape index (κ2) is 11.6. The van der Waals surface area contributed by atoms with Gasteiger partial charge in [0.15, 0.2) is 6.29 Å². The molecule has 1 N–H and O–H groups in total. The van der Waals surface area contributed by atoms with E-state index < -0.39 is 6.29 Å². The Labute approximate surface area is 211 Å². The van der Waals surface area contributed by atoms with Gasteiger partial charge in [0.05, 0.1) is 18.8 Å². The van der Waals surface area contributed by atoms with Gasteiger partial charge in [-0.1, -0.05) is 30.4 Å². The van der Waals surface area contributed by atoms with E-state index in [4.69, 9.17) is 9.47 Å². The highest BCUT2D eigenvalue weighted by molar-refractivity contribution is 5.84. The van der Waals surface area contributed by atoms with Gasteiger partial charge in [0.25, 0.3) is 0 Å². The van der Waals surface area contributed by atoms with Crippen molar-refractivity contribution in [2.75, 3.05) is 26.7 Å². The van der Waals surface area contributed by atoms with Crippen LogP contribution in [0.4, 0.5) is 0 Å². The van der Waals surface area contributed by atoms with Crippen molar-refractivity contribution in [2.45, 2.75) is 77.9 Å². The summed E-state index contributed by atoms with van der Waals surface area (Å²) in [5.74, 6) is 0.924. The van der Waals surface area contributed by atoms with Crippen LogP contribution < -0.4 is 4.74 Å². The number of aliphatic hydroxyl groups excluding tert-OH is 1. The number of ether oxygens (including phenoxy) is 2. The number of hydrogen-bond donors (Lipinski definition) is 1. The number of nitrogens with zero attached hydrogens (tertiary/aromatic N) is 2. The van der Waals surface area contributed by atoms with E-state index in [9.17, 15) is 5.11 Å². The lowest BCUT2D eigenvalue weighted by atomic mass is 10.0.